The molecule has 2 aromatic carbocycles. The van der Waals surface area contributed by atoms with E-state index in [1.54, 1.807) is 23.5 Å². The quantitative estimate of drug-likeness (QED) is 0.759. The van der Waals surface area contributed by atoms with Crippen molar-refractivity contribution in [3.8, 4) is 0 Å². The third kappa shape index (κ3) is 5.61. The molecule has 0 fully saturated rings. The monoisotopic (exact) mass is 354 g/mol. The summed E-state index contributed by atoms with van der Waals surface area (Å²) in [6.07, 6.45) is -0.293. The van der Waals surface area contributed by atoms with Gasteiger partial charge >= 0.3 is 0 Å². The molecule has 0 aliphatic heterocycles. The molecular formula is C15H15BrOS2. The van der Waals surface area contributed by atoms with Gasteiger partial charge in [-0.15, -0.1) is 23.5 Å². The number of thioether (sulfide) groups is 2. The van der Waals surface area contributed by atoms with Gasteiger partial charge in [-0.2, -0.15) is 0 Å². The molecule has 0 heterocycles. The van der Waals surface area contributed by atoms with Gasteiger partial charge in [-0.05, 0) is 36.4 Å². The molecule has 0 aromatic heterocycles. The van der Waals surface area contributed by atoms with Gasteiger partial charge in [0, 0.05) is 25.8 Å². The van der Waals surface area contributed by atoms with Gasteiger partial charge in [0.15, 0.2) is 0 Å². The van der Waals surface area contributed by atoms with E-state index < -0.39 is 0 Å². The van der Waals surface area contributed by atoms with E-state index in [0.717, 1.165) is 16.0 Å². The fourth-order valence-corrected chi connectivity index (χ4v) is 3.58. The van der Waals surface area contributed by atoms with Gasteiger partial charge in [-0.3, -0.25) is 0 Å². The predicted octanol–water partition coefficient (Wildman–Crippen LogP) is 4.69. The van der Waals surface area contributed by atoms with Gasteiger partial charge < -0.3 is 5.11 Å². The van der Waals surface area contributed by atoms with Crippen molar-refractivity contribution in [2.45, 2.75) is 15.9 Å². The summed E-state index contributed by atoms with van der Waals surface area (Å²) in [5, 5.41) is 9.98. The highest BCUT2D eigenvalue weighted by Gasteiger charge is 2.06. The lowest BCUT2D eigenvalue weighted by Crippen LogP contribution is -2.12. The first-order valence-electron chi connectivity index (χ1n) is 5.98. The van der Waals surface area contributed by atoms with Gasteiger partial charge in [-0.25, -0.2) is 0 Å². The Kier molecular flexibility index (Phi) is 6.31. The number of rotatable bonds is 6. The van der Waals surface area contributed by atoms with E-state index in [1.165, 1.54) is 9.79 Å². The van der Waals surface area contributed by atoms with Gasteiger partial charge in [0.05, 0.1) is 6.10 Å². The Morgan fingerprint density at radius 3 is 1.95 bits per heavy atom. The van der Waals surface area contributed by atoms with Crippen molar-refractivity contribution >= 4 is 39.5 Å². The topological polar surface area (TPSA) is 20.2 Å². The number of aliphatic hydroxyl groups is 1. The SMILES string of the molecule is OC(CSc1ccccc1)CSc1ccc(Br)cc1. The molecule has 0 saturated heterocycles. The van der Waals surface area contributed by atoms with Crippen LogP contribution in [0.4, 0.5) is 0 Å². The van der Waals surface area contributed by atoms with E-state index in [-0.39, 0.29) is 6.10 Å². The van der Waals surface area contributed by atoms with Crippen LogP contribution < -0.4 is 0 Å². The van der Waals surface area contributed by atoms with E-state index in [0.29, 0.717) is 0 Å². The first-order valence-corrected chi connectivity index (χ1v) is 8.75. The molecular weight excluding hydrogens is 340 g/mol. The van der Waals surface area contributed by atoms with Crippen molar-refractivity contribution in [1.29, 1.82) is 0 Å². The van der Waals surface area contributed by atoms with Gasteiger partial charge in [0.2, 0.25) is 0 Å². The smallest absolute Gasteiger partial charge is 0.0727 e. The lowest BCUT2D eigenvalue weighted by Gasteiger charge is -2.10. The normalized spacial score (nSPS) is 12.3. The van der Waals surface area contributed by atoms with Crippen molar-refractivity contribution in [3.05, 3.63) is 59.1 Å². The largest absolute Gasteiger partial charge is 0.391 e. The Labute approximate surface area is 130 Å². The minimum Gasteiger partial charge on any atom is -0.391 e. The van der Waals surface area contributed by atoms with Crippen LogP contribution in [0.1, 0.15) is 0 Å². The molecule has 4 heteroatoms. The molecule has 2 rings (SSSR count). The molecule has 0 amide bonds. The van der Waals surface area contributed by atoms with E-state index in [4.69, 9.17) is 0 Å². The summed E-state index contributed by atoms with van der Waals surface area (Å²) in [7, 11) is 0. The number of benzene rings is 2. The van der Waals surface area contributed by atoms with Crippen molar-refractivity contribution in [2.24, 2.45) is 0 Å². The van der Waals surface area contributed by atoms with Crippen LogP contribution in [0.3, 0.4) is 0 Å². The maximum atomic E-state index is 9.98. The second kappa shape index (κ2) is 8.00. The highest BCUT2D eigenvalue weighted by molar-refractivity contribution is 9.10. The van der Waals surface area contributed by atoms with Gasteiger partial charge in [0.25, 0.3) is 0 Å². The van der Waals surface area contributed by atoms with Gasteiger partial charge in [0.1, 0.15) is 0 Å². The number of halogens is 1. The maximum Gasteiger partial charge on any atom is 0.0727 e. The molecule has 1 atom stereocenters. The van der Waals surface area contributed by atoms with Crippen molar-refractivity contribution < 1.29 is 5.11 Å². The molecule has 1 N–H and O–H groups in total. The molecule has 2 aromatic rings. The van der Waals surface area contributed by atoms with E-state index >= 15 is 0 Å². The molecule has 0 spiro atoms. The Morgan fingerprint density at radius 2 is 1.37 bits per heavy atom. The second-order valence-corrected chi connectivity index (χ2v) is 7.15. The van der Waals surface area contributed by atoms with Crippen LogP contribution in [0.5, 0.6) is 0 Å². The summed E-state index contributed by atoms with van der Waals surface area (Å²) in [4.78, 5) is 2.39. The average molecular weight is 355 g/mol. The fraction of sp³-hybridized carbons (Fsp3) is 0.200. The average Bonchev–Trinajstić information content (AvgIpc) is 2.45. The lowest BCUT2D eigenvalue weighted by atomic mass is 10.4. The molecule has 0 bridgehead atoms. The fourth-order valence-electron chi connectivity index (χ4n) is 1.48. The van der Waals surface area contributed by atoms with Crippen LogP contribution in [0.25, 0.3) is 0 Å². The summed E-state index contributed by atoms with van der Waals surface area (Å²) in [5.41, 5.74) is 0. The summed E-state index contributed by atoms with van der Waals surface area (Å²) < 4.78 is 1.08. The summed E-state index contributed by atoms with van der Waals surface area (Å²) in [6, 6.07) is 18.3. The second-order valence-electron chi connectivity index (χ2n) is 4.04. The van der Waals surface area contributed by atoms with Crippen LogP contribution in [0.15, 0.2) is 68.9 Å². The van der Waals surface area contributed by atoms with Crippen LogP contribution in [0.2, 0.25) is 0 Å². The molecule has 0 radical (unpaired) electrons. The first-order chi connectivity index (χ1) is 9.24. The predicted molar refractivity (Wildman–Crippen MR) is 88.0 cm³/mol. The molecule has 0 aliphatic carbocycles. The summed E-state index contributed by atoms with van der Waals surface area (Å²) in [6.45, 7) is 0. The molecule has 1 unspecified atom stereocenters. The zero-order chi connectivity index (χ0) is 13.5. The molecule has 19 heavy (non-hydrogen) atoms. The number of hydrogen-bond acceptors (Lipinski definition) is 3. The van der Waals surface area contributed by atoms with Crippen LogP contribution >= 0.6 is 39.5 Å². The molecule has 1 nitrogen and oxygen atoms in total. The van der Waals surface area contributed by atoms with Crippen LogP contribution in [-0.2, 0) is 0 Å². The van der Waals surface area contributed by atoms with E-state index in [2.05, 4.69) is 40.2 Å². The highest BCUT2D eigenvalue weighted by Crippen LogP contribution is 2.23. The summed E-state index contributed by atoms with van der Waals surface area (Å²) >= 11 is 6.80. The van der Waals surface area contributed by atoms with Gasteiger partial charge in [-0.1, -0.05) is 34.1 Å². The standard InChI is InChI=1S/C15H15BrOS2/c16-12-6-8-15(9-7-12)19-11-13(17)10-18-14-4-2-1-3-5-14/h1-9,13,17H,10-11H2. The highest BCUT2D eigenvalue weighted by atomic mass is 79.9. The molecule has 0 saturated carbocycles. The molecule has 0 aliphatic rings. The van der Waals surface area contributed by atoms with E-state index in [1.807, 2.05) is 30.3 Å². The third-order valence-corrected chi connectivity index (χ3v) is 5.28. The number of hydrogen-bond donors (Lipinski definition) is 1. The number of aliphatic hydroxyl groups excluding tert-OH is 1. The minimum atomic E-state index is -0.293. The maximum absolute atomic E-state index is 9.98. The van der Waals surface area contributed by atoms with Crippen molar-refractivity contribution in [3.63, 3.8) is 0 Å². The Morgan fingerprint density at radius 1 is 0.842 bits per heavy atom. The minimum absolute atomic E-state index is 0.293. The van der Waals surface area contributed by atoms with Crippen molar-refractivity contribution in [1.82, 2.24) is 0 Å². The molecule has 100 valence electrons. The van der Waals surface area contributed by atoms with Crippen molar-refractivity contribution in [2.75, 3.05) is 11.5 Å². The zero-order valence-corrected chi connectivity index (χ0v) is 13.5. The first kappa shape index (κ1) is 15.0. The van der Waals surface area contributed by atoms with Crippen LogP contribution in [0, 0.1) is 0 Å². The third-order valence-electron chi connectivity index (χ3n) is 2.44. The lowest BCUT2D eigenvalue weighted by molar-refractivity contribution is 0.225. The zero-order valence-electron chi connectivity index (χ0n) is 10.3. The summed E-state index contributed by atoms with van der Waals surface area (Å²) in [5.74, 6) is 1.45. The Balaban J connectivity index is 1.72. The van der Waals surface area contributed by atoms with E-state index in [9.17, 15) is 5.11 Å². The Bertz CT molecular complexity index is 487. The van der Waals surface area contributed by atoms with Crippen LogP contribution in [-0.4, -0.2) is 22.7 Å². The Hall–Kier alpha value is -0.420.